The number of anilines is 1. The lowest BCUT2D eigenvalue weighted by Gasteiger charge is -2.09. The summed E-state index contributed by atoms with van der Waals surface area (Å²) in [5, 5.41) is 5.41. The van der Waals surface area contributed by atoms with E-state index in [1.165, 1.54) is 18.3 Å². The highest BCUT2D eigenvalue weighted by molar-refractivity contribution is 7.13. The molecule has 0 unspecified atom stereocenters. The minimum absolute atomic E-state index is 0.113. The van der Waals surface area contributed by atoms with Crippen LogP contribution in [-0.4, -0.2) is 25.8 Å². The zero-order valence-corrected chi connectivity index (χ0v) is 21.2. The minimum Gasteiger partial charge on any atom is -0.497 e. The molecule has 9 heteroatoms. The van der Waals surface area contributed by atoms with E-state index in [1.54, 1.807) is 31.4 Å². The zero-order valence-electron chi connectivity index (χ0n) is 20.4. The number of ether oxygens (including phenoxy) is 4. The van der Waals surface area contributed by atoms with Crippen LogP contribution in [0.1, 0.15) is 17.3 Å². The molecule has 190 valence electrons. The summed E-state index contributed by atoms with van der Waals surface area (Å²) >= 11 is 1.48. The van der Waals surface area contributed by atoms with E-state index in [-0.39, 0.29) is 18.6 Å². The Labute approximate surface area is 221 Å². The molecule has 0 spiro atoms. The topological polar surface area (TPSA) is 96.2 Å². The molecule has 1 aliphatic rings. The van der Waals surface area contributed by atoms with Crippen LogP contribution >= 0.6 is 11.3 Å². The predicted octanol–water partition coefficient (Wildman–Crippen LogP) is 6.74. The fourth-order valence-electron chi connectivity index (χ4n) is 4.33. The quantitative estimate of drug-likeness (QED) is 0.193. The van der Waals surface area contributed by atoms with Gasteiger partial charge in [0.25, 0.3) is 5.91 Å². The Balaban J connectivity index is 1.49. The summed E-state index contributed by atoms with van der Waals surface area (Å²) in [4.78, 5) is 26.2. The fourth-order valence-corrected chi connectivity index (χ4v) is 5.11. The summed E-state index contributed by atoms with van der Waals surface area (Å²) in [5.41, 5.74) is 3.11. The molecule has 3 heterocycles. The first-order chi connectivity index (χ1) is 18.5. The number of hydrogen-bond acceptors (Lipinski definition) is 8. The predicted molar refractivity (Wildman–Crippen MR) is 143 cm³/mol. The Morgan fingerprint density at radius 2 is 1.76 bits per heavy atom. The normalized spacial score (nSPS) is 11.9. The number of rotatable bonds is 6. The number of methoxy groups -OCH3 is 1. The fraction of sp³-hybridized carbons (Fsp3) is 0.103. The van der Waals surface area contributed by atoms with E-state index in [0.29, 0.717) is 39.3 Å². The van der Waals surface area contributed by atoms with Crippen molar-refractivity contribution in [1.29, 1.82) is 0 Å². The second-order valence-electron chi connectivity index (χ2n) is 8.48. The highest BCUT2D eigenvalue weighted by Crippen LogP contribution is 2.47. The van der Waals surface area contributed by atoms with Gasteiger partial charge in [-0.15, -0.1) is 11.3 Å². The van der Waals surface area contributed by atoms with Crippen LogP contribution in [0.2, 0.25) is 0 Å². The average Bonchev–Trinajstić information content (AvgIpc) is 3.67. The van der Waals surface area contributed by atoms with Crippen LogP contribution in [0.3, 0.4) is 0 Å². The number of esters is 1. The molecule has 1 aliphatic heterocycles. The van der Waals surface area contributed by atoms with Crippen LogP contribution in [0.5, 0.6) is 23.0 Å². The smallest absolute Gasteiger partial charge is 0.308 e. The highest BCUT2D eigenvalue weighted by atomic mass is 32.1. The van der Waals surface area contributed by atoms with Crippen molar-refractivity contribution in [1.82, 2.24) is 0 Å². The first-order valence-corrected chi connectivity index (χ1v) is 12.6. The number of carbonyl (C=O) groups is 2. The van der Waals surface area contributed by atoms with Crippen LogP contribution in [0.4, 0.5) is 5.88 Å². The molecule has 38 heavy (non-hydrogen) atoms. The molecule has 6 rings (SSSR count). The van der Waals surface area contributed by atoms with Crippen molar-refractivity contribution in [3.8, 4) is 44.6 Å². The number of hydrogen-bond donors (Lipinski definition) is 1. The zero-order chi connectivity index (χ0) is 26.2. The summed E-state index contributed by atoms with van der Waals surface area (Å²) in [7, 11) is 1.61. The Hall–Kier alpha value is -4.76. The molecule has 8 nitrogen and oxygen atoms in total. The number of benzene rings is 3. The van der Waals surface area contributed by atoms with Gasteiger partial charge >= 0.3 is 5.97 Å². The molecule has 0 fully saturated rings. The summed E-state index contributed by atoms with van der Waals surface area (Å²) in [6.45, 7) is 1.46. The van der Waals surface area contributed by atoms with Crippen LogP contribution in [0, 0.1) is 0 Å². The molecule has 1 N–H and O–H groups in total. The SMILES string of the molecule is COc1ccc(-c2cc(OC(C)=O)c3c(-c4cccs4)c(NC(=O)c4ccc5c(c4)OCO5)oc3c2)cc1. The first kappa shape index (κ1) is 23.6. The van der Waals surface area contributed by atoms with E-state index in [4.69, 9.17) is 23.4 Å². The Morgan fingerprint density at radius 3 is 2.50 bits per heavy atom. The molecular weight excluding hydrogens is 506 g/mol. The van der Waals surface area contributed by atoms with Crippen molar-refractivity contribution in [2.75, 3.05) is 19.2 Å². The third-order valence-electron chi connectivity index (χ3n) is 6.06. The minimum atomic E-state index is -0.470. The molecular formula is C29H21NO7S. The summed E-state index contributed by atoms with van der Waals surface area (Å²) in [6.07, 6.45) is 0. The molecule has 5 aromatic rings. The summed E-state index contributed by atoms with van der Waals surface area (Å²) < 4.78 is 27.9. The molecule has 0 radical (unpaired) electrons. The molecule has 0 bridgehead atoms. The van der Waals surface area contributed by atoms with E-state index in [9.17, 15) is 9.59 Å². The first-order valence-electron chi connectivity index (χ1n) is 11.7. The second-order valence-corrected chi connectivity index (χ2v) is 9.42. The van der Waals surface area contributed by atoms with Gasteiger partial charge in [-0.3, -0.25) is 14.9 Å². The summed E-state index contributed by atoms with van der Waals surface area (Å²) in [6, 6.07) is 19.9. The Kier molecular flexibility index (Phi) is 5.97. The molecule has 0 aliphatic carbocycles. The van der Waals surface area contributed by atoms with Gasteiger partial charge in [0.1, 0.15) is 17.1 Å². The summed E-state index contributed by atoms with van der Waals surface area (Å²) in [5.74, 6) is 1.53. The number of fused-ring (bicyclic) bond motifs is 2. The van der Waals surface area contributed by atoms with Gasteiger partial charge in [0.05, 0.1) is 18.1 Å². The molecule has 3 aromatic carbocycles. The standard InChI is InChI=1S/C29H21NO7S/c1-16(31)36-23-13-19(17-5-8-20(33-2)9-6-17)14-24-26(23)27(25-4-3-11-38-25)29(37-24)30-28(32)18-7-10-21-22(12-18)35-15-34-21/h3-14H,15H2,1-2H3,(H,30,32). The molecule has 0 atom stereocenters. The number of carbonyl (C=O) groups excluding carboxylic acids is 2. The van der Waals surface area contributed by atoms with Crippen molar-refractivity contribution in [2.24, 2.45) is 0 Å². The van der Waals surface area contributed by atoms with E-state index in [0.717, 1.165) is 21.8 Å². The highest BCUT2D eigenvalue weighted by Gasteiger charge is 2.25. The molecule has 1 amide bonds. The van der Waals surface area contributed by atoms with Crippen molar-refractivity contribution in [3.05, 3.63) is 77.7 Å². The molecule has 0 saturated carbocycles. The maximum Gasteiger partial charge on any atom is 0.308 e. The van der Waals surface area contributed by atoms with Crippen LogP contribution in [-0.2, 0) is 4.79 Å². The van der Waals surface area contributed by atoms with E-state index in [2.05, 4.69) is 5.32 Å². The van der Waals surface area contributed by atoms with Gasteiger partial charge < -0.3 is 23.4 Å². The monoisotopic (exact) mass is 527 g/mol. The molecule has 0 saturated heterocycles. The lowest BCUT2D eigenvalue weighted by atomic mass is 10.0. The third-order valence-corrected chi connectivity index (χ3v) is 6.95. The van der Waals surface area contributed by atoms with Crippen molar-refractivity contribution >= 4 is 40.1 Å². The largest absolute Gasteiger partial charge is 0.497 e. The Morgan fingerprint density at radius 1 is 0.947 bits per heavy atom. The Bertz CT molecular complexity index is 1670. The average molecular weight is 528 g/mol. The maximum absolute atomic E-state index is 13.3. The van der Waals surface area contributed by atoms with Crippen LogP contribution in [0.15, 0.2) is 76.5 Å². The van der Waals surface area contributed by atoms with Gasteiger partial charge in [0.15, 0.2) is 11.5 Å². The number of amides is 1. The lowest BCUT2D eigenvalue weighted by Crippen LogP contribution is -2.11. The van der Waals surface area contributed by atoms with Crippen molar-refractivity contribution in [3.63, 3.8) is 0 Å². The van der Waals surface area contributed by atoms with E-state index >= 15 is 0 Å². The molecule has 2 aromatic heterocycles. The van der Waals surface area contributed by atoms with Crippen LogP contribution < -0.4 is 24.3 Å². The number of nitrogens with one attached hydrogen (secondary N) is 1. The number of thiophene rings is 1. The lowest BCUT2D eigenvalue weighted by molar-refractivity contribution is -0.131. The van der Waals surface area contributed by atoms with Gasteiger partial charge in [-0.1, -0.05) is 18.2 Å². The van der Waals surface area contributed by atoms with E-state index < -0.39 is 5.97 Å². The van der Waals surface area contributed by atoms with Gasteiger partial charge in [-0.25, -0.2) is 0 Å². The second kappa shape index (κ2) is 9.60. The van der Waals surface area contributed by atoms with Crippen molar-refractivity contribution in [2.45, 2.75) is 6.92 Å². The van der Waals surface area contributed by atoms with E-state index in [1.807, 2.05) is 47.8 Å². The maximum atomic E-state index is 13.3. The van der Waals surface area contributed by atoms with Gasteiger partial charge in [-0.2, -0.15) is 0 Å². The van der Waals surface area contributed by atoms with Gasteiger partial charge in [0.2, 0.25) is 12.7 Å². The van der Waals surface area contributed by atoms with Crippen LogP contribution in [0.25, 0.3) is 32.5 Å². The number of furan rings is 1. The van der Waals surface area contributed by atoms with Crippen molar-refractivity contribution < 1.29 is 33.0 Å². The van der Waals surface area contributed by atoms with Gasteiger partial charge in [0, 0.05) is 17.4 Å². The third kappa shape index (κ3) is 4.33. The van der Waals surface area contributed by atoms with Gasteiger partial charge in [-0.05, 0) is 65.0 Å².